The Bertz CT molecular complexity index is 131. The number of methoxy groups -OCH3 is 1. The van der Waals surface area contributed by atoms with Crippen molar-refractivity contribution in [1.82, 2.24) is 10.2 Å². The minimum absolute atomic E-state index is 0.507. The highest BCUT2D eigenvalue weighted by Crippen LogP contribution is 1.99. The van der Waals surface area contributed by atoms with Gasteiger partial charge in [0, 0.05) is 19.7 Å². The topological polar surface area (TPSA) is 24.5 Å². The molecule has 3 heteroatoms. The van der Waals surface area contributed by atoms with Crippen LogP contribution in [-0.2, 0) is 4.74 Å². The van der Waals surface area contributed by atoms with E-state index in [0.717, 1.165) is 19.7 Å². The molecule has 0 aliphatic carbocycles. The zero-order valence-corrected chi connectivity index (χ0v) is 10.9. The maximum Gasteiger partial charge on any atom is 0.0630 e. The van der Waals surface area contributed by atoms with E-state index >= 15 is 0 Å². The van der Waals surface area contributed by atoms with Crippen molar-refractivity contribution in [3.63, 3.8) is 0 Å². The van der Waals surface area contributed by atoms with Gasteiger partial charge in [-0.25, -0.2) is 0 Å². The Hall–Kier alpha value is -0.120. The monoisotopic (exact) mass is 216 g/mol. The van der Waals surface area contributed by atoms with E-state index in [4.69, 9.17) is 4.74 Å². The summed E-state index contributed by atoms with van der Waals surface area (Å²) in [5, 5.41) is 3.46. The van der Waals surface area contributed by atoms with E-state index < -0.39 is 0 Å². The molecule has 0 heterocycles. The Morgan fingerprint density at radius 2 is 2.00 bits per heavy atom. The van der Waals surface area contributed by atoms with Crippen LogP contribution in [0.5, 0.6) is 0 Å². The number of hydrogen-bond donors (Lipinski definition) is 1. The van der Waals surface area contributed by atoms with Gasteiger partial charge >= 0.3 is 0 Å². The lowest BCUT2D eigenvalue weighted by Crippen LogP contribution is -2.43. The average molecular weight is 216 g/mol. The fourth-order valence-corrected chi connectivity index (χ4v) is 1.57. The van der Waals surface area contributed by atoms with Gasteiger partial charge in [-0.15, -0.1) is 0 Å². The molecule has 15 heavy (non-hydrogen) atoms. The second-order valence-electron chi connectivity index (χ2n) is 4.15. The van der Waals surface area contributed by atoms with Crippen LogP contribution in [0.2, 0.25) is 0 Å². The Kier molecular flexibility index (Phi) is 10.3. The molecule has 1 atom stereocenters. The molecule has 0 bridgehead atoms. The van der Waals surface area contributed by atoms with Gasteiger partial charge in [0.1, 0.15) is 0 Å². The van der Waals surface area contributed by atoms with Crippen molar-refractivity contribution in [2.75, 3.05) is 40.4 Å². The molecule has 0 aliphatic heterocycles. The molecular formula is C12H28N2O. The average Bonchev–Trinajstić information content (AvgIpc) is 2.25. The molecule has 0 saturated heterocycles. The molecule has 0 spiro atoms. The lowest BCUT2D eigenvalue weighted by atomic mass is 10.2. The highest BCUT2D eigenvalue weighted by molar-refractivity contribution is 4.70. The van der Waals surface area contributed by atoms with Crippen molar-refractivity contribution in [3.8, 4) is 0 Å². The first-order valence-electron chi connectivity index (χ1n) is 6.16. The molecule has 0 aliphatic rings. The number of ether oxygens (including phenoxy) is 1. The third-order valence-corrected chi connectivity index (χ3v) is 2.65. The van der Waals surface area contributed by atoms with Gasteiger partial charge in [0.25, 0.3) is 0 Å². The number of hydrogen-bond acceptors (Lipinski definition) is 3. The van der Waals surface area contributed by atoms with Crippen LogP contribution in [0.1, 0.15) is 33.1 Å². The molecule has 0 fully saturated rings. The van der Waals surface area contributed by atoms with E-state index in [2.05, 4.69) is 31.1 Å². The lowest BCUT2D eigenvalue weighted by molar-refractivity contribution is 0.104. The summed E-state index contributed by atoms with van der Waals surface area (Å²) in [5.74, 6) is 0. The molecule has 1 unspecified atom stereocenters. The third kappa shape index (κ3) is 7.77. The molecular weight excluding hydrogens is 188 g/mol. The molecule has 0 amide bonds. The van der Waals surface area contributed by atoms with E-state index in [0.29, 0.717) is 6.04 Å². The molecule has 0 rings (SSSR count). The smallest absolute Gasteiger partial charge is 0.0630 e. The van der Waals surface area contributed by atoms with Gasteiger partial charge in [0.2, 0.25) is 0 Å². The van der Waals surface area contributed by atoms with Gasteiger partial charge in [0.15, 0.2) is 0 Å². The summed E-state index contributed by atoms with van der Waals surface area (Å²) < 4.78 is 5.25. The minimum atomic E-state index is 0.507. The first-order chi connectivity index (χ1) is 7.26. The second-order valence-corrected chi connectivity index (χ2v) is 4.15. The van der Waals surface area contributed by atoms with Crippen LogP contribution in [0.15, 0.2) is 0 Å². The van der Waals surface area contributed by atoms with Gasteiger partial charge in [-0.1, -0.05) is 20.3 Å². The van der Waals surface area contributed by atoms with E-state index in [1.54, 1.807) is 7.11 Å². The number of likely N-dealkylation sites (N-methyl/N-ethyl adjacent to an activating group) is 1. The molecule has 0 aromatic carbocycles. The van der Waals surface area contributed by atoms with Gasteiger partial charge in [-0.3, -0.25) is 4.90 Å². The predicted octanol–water partition coefficient (Wildman–Crippen LogP) is 1.73. The molecule has 0 aromatic rings. The Balaban J connectivity index is 3.77. The maximum atomic E-state index is 5.25. The standard InChI is InChI=1S/C12H28N2O/c1-5-7-9-14(3)12(11-15-4)10-13-8-6-2/h12-13H,5-11H2,1-4H3. The van der Waals surface area contributed by atoms with Crippen LogP contribution in [0.25, 0.3) is 0 Å². The van der Waals surface area contributed by atoms with Gasteiger partial charge in [-0.05, 0) is 33.0 Å². The summed E-state index contributed by atoms with van der Waals surface area (Å²) in [6.45, 7) is 8.53. The van der Waals surface area contributed by atoms with Gasteiger partial charge < -0.3 is 10.1 Å². The van der Waals surface area contributed by atoms with Crippen LogP contribution in [0.4, 0.5) is 0 Å². The summed E-state index contributed by atoms with van der Waals surface area (Å²) in [6.07, 6.45) is 3.72. The number of rotatable bonds is 10. The van der Waals surface area contributed by atoms with E-state index in [9.17, 15) is 0 Å². The Morgan fingerprint density at radius 3 is 2.53 bits per heavy atom. The molecule has 1 N–H and O–H groups in total. The molecule has 3 nitrogen and oxygen atoms in total. The maximum absolute atomic E-state index is 5.25. The summed E-state index contributed by atoms with van der Waals surface area (Å²) >= 11 is 0. The van der Waals surface area contributed by atoms with Crippen molar-refractivity contribution in [2.45, 2.75) is 39.2 Å². The highest BCUT2D eigenvalue weighted by atomic mass is 16.5. The largest absolute Gasteiger partial charge is 0.383 e. The Labute approximate surface area is 95.2 Å². The van der Waals surface area contributed by atoms with Crippen LogP contribution >= 0.6 is 0 Å². The summed E-state index contributed by atoms with van der Waals surface area (Å²) in [6, 6.07) is 0.507. The zero-order chi connectivity index (χ0) is 11.5. The van der Waals surface area contributed by atoms with E-state index in [1.165, 1.54) is 25.8 Å². The van der Waals surface area contributed by atoms with Crippen molar-refractivity contribution in [2.24, 2.45) is 0 Å². The molecule has 0 aromatic heterocycles. The van der Waals surface area contributed by atoms with Crippen molar-refractivity contribution >= 4 is 0 Å². The minimum Gasteiger partial charge on any atom is -0.383 e. The summed E-state index contributed by atoms with van der Waals surface area (Å²) in [7, 11) is 3.97. The fraction of sp³-hybridized carbons (Fsp3) is 1.00. The van der Waals surface area contributed by atoms with Crippen molar-refractivity contribution in [1.29, 1.82) is 0 Å². The van der Waals surface area contributed by atoms with Crippen molar-refractivity contribution in [3.05, 3.63) is 0 Å². The first kappa shape index (κ1) is 14.9. The molecule has 92 valence electrons. The quantitative estimate of drug-likeness (QED) is 0.563. The number of nitrogens with zero attached hydrogens (tertiary/aromatic N) is 1. The fourth-order valence-electron chi connectivity index (χ4n) is 1.57. The Morgan fingerprint density at radius 1 is 1.27 bits per heavy atom. The van der Waals surface area contributed by atoms with Crippen molar-refractivity contribution < 1.29 is 4.74 Å². The van der Waals surface area contributed by atoms with Crippen LogP contribution < -0.4 is 5.32 Å². The highest BCUT2D eigenvalue weighted by Gasteiger charge is 2.13. The number of nitrogens with one attached hydrogen (secondary N) is 1. The zero-order valence-electron chi connectivity index (χ0n) is 10.9. The van der Waals surface area contributed by atoms with Gasteiger partial charge in [0.05, 0.1) is 6.61 Å². The van der Waals surface area contributed by atoms with E-state index in [1.807, 2.05) is 0 Å². The summed E-state index contributed by atoms with van der Waals surface area (Å²) in [4.78, 5) is 2.40. The number of unbranched alkanes of at least 4 members (excludes halogenated alkanes) is 1. The lowest BCUT2D eigenvalue weighted by Gasteiger charge is -2.27. The third-order valence-electron chi connectivity index (χ3n) is 2.65. The van der Waals surface area contributed by atoms with Crippen LogP contribution in [-0.4, -0.2) is 51.3 Å². The molecule has 0 saturated carbocycles. The predicted molar refractivity (Wildman–Crippen MR) is 66.4 cm³/mol. The van der Waals surface area contributed by atoms with E-state index in [-0.39, 0.29) is 0 Å². The van der Waals surface area contributed by atoms with Gasteiger partial charge in [-0.2, -0.15) is 0 Å². The summed E-state index contributed by atoms with van der Waals surface area (Å²) in [5.41, 5.74) is 0. The normalized spacial score (nSPS) is 13.4. The second kappa shape index (κ2) is 10.4. The van der Waals surface area contributed by atoms with Crippen LogP contribution in [0.3, 0.4) is 0 Å². The van der Waals surface area contributed by atoms with Crippen LogP contribution in [0, 0.1) is 0 Å². The SMILES string of the molecule is CCCCN(C)C(CNCCC)COC. The molecule has 0 radical (unpaired) electrons. The first-order valence-corrected chi connectivity index (χ1v) is 6.16.